The molecule has 1 aromatic rings. The second-order valence-corrected chi connectivity index (χ2v) is 4.33. The predicted octanol–water partition coefficient (Wildman–Crippen LogP) is 2.75. The van der Waals surface area contributed by atoms with Crippen molar-refractivity contribution in [3.8, 4) is 0 Å². The van der Waals surface area contributed by atoms with Crippen molar-refractivity contribution in [3.05, 3.63) is 24.2 Å². The van der Waals surface area contributed by atoms with Crippen molar-refractivity contribution in [2.75, 3.05) is 13.7 Å². The van der Waals surface area contributed by atoms with Crippen LogP contribution in [-0.4, -0.2) is 19.3 Å². The number of ether oxygens (including phenoxy) is 1. The van der Waals surface area contributed by atoms with Gasteiger partial charge in [0.25, 0.3) is 0 Å². The molecule has 0 aliphatic heterocycles. The summed E-state index contributed by atoms with van der Waals surface area (Å²) >= 11 is 0. The molecule has 0 fully saturated rings. The first-order valence-corrected chi connectivity index (χ1v) is 5.39. The van der Waals surface area contributed by atoms with Gasteiger partial charge in [-0.05, 0) is 32.9 Å². The molecule has 0 aliphatic rings. The highest BCUT2D eigenvalue weighted by Gasteiger charge is 2.23. The molecule has 1 rings (SSSR count). The van der Waals surface area contributed by atoms with Gasteiger partial charge < -0.3 is 14.5 Å². The summed E-state index contributed by atoms with van der Waals surface area (Å²) in [6, 6.07) is 2.29. The third-order valence-electron chi connectivity index (χ3n) is 2.64. The lowest BCUT2D eigenvalue weighted by Crippen LogP contribution is -2.31. The molecule has 0 aliphatic carbocycles. The summed E-state index contributed by atoms with van der Waals surface area (Å²) in [6.45, 7) is 7.23. The average Bonchev–Trinajstić information content (AvgIpc) is 2.70. The molecule has 86 valence electrons. The standard InChI is InChI=1S/C12H21NO2/c1-5-13-11(8-12(2,3)14-4)10-6-7-15-9-10/h6-7,9,11,13H,5,8H2,1-4H3. The Bertz CT molecular complexity index is 267. The molecule has 0 saturated carbocycles. The number of hydrogen-bond donors (Lipinski definition) is 1. The Morgan fingerprint density at radius 1 is 1.53 bits per heavy atom. The van der Waals surface area contributed by atoms with Gasteiger partial charge in [-0.3, -0.25) is 0 Å². The fraction of sp³-hybridized carbons (Fsp3) is 0.667. The maximum atomic E-state index is 5.44. The first-order valence-electron chi connectivity index (χ1n) is 5.39. The van der Waals surface area contributed by atoms with Crippen LogP contribution in [0.1, 0.15) is 38.8 Å². The van der Waals surface area contributed by atoms with E-state index in [1.54, 1.807) is 19.6 Å². The number of methoxy groups -OCH3 is 1. The minimum atomic E-state index is -0.121. The van der Waals surface area contributed by atoms with E-state index in [4.69, 9.17) is 9.15 Å². The fourth-order valence-electron chi connectivity index (χ4n) is 1.60. The fourth-order valence-corrected chi connectivity index (χ4v) is 1.60. The Morgan fingerprint density at radius 2 is 2.27 bits per heavy atom. The topological polar surface area (TPSA) is 34.4 Å². The van der Waals surface area contributed by atoms with Gasteiger partial charge in [0.15, 0.2) is 0 Å². The van der Waals surface area contributed by atoms with Gasteiger partial charge >= 0.3 is 0 Å². The van der Waals surface area contributed by atoms with Crippen molar-refractivity contribution in [1.82, 2.24) is 5.32 Å². The molecule has 15 heavy (non-hydrogen) atoms. The van der Waals surface area contributed by atoms with Crippen LogP contribution in [0.4, 0.5) is 0 Å². The lowest BCUT2D eigenvalue weighted by molar-refractivity contribution is 0.00693. The third-order valence-corrected chi connectivity index (χ3v) is 2.64. The Kier molecular flexibility index (Phi) is 4.36. The van der Waals surface area contributed by atoms with E-state index in [1.165, 1.54) is 5.56 Å². The van der Waals surface area contributed by atoms with Crippen LogP contribution in [0.5, 0.6) is 0 Å². The van der Waals surface area contributed by atoms with E-state index in [0.717, 1.165) is 13.0 Å². The van der Waals surface area contributed by atoms with Crippen LogP contribution in [0.3, 0.4) is 0 Å². The maximum Gasteiger partial charge on any atom is 0.0950 e. The summed E-state index contributed by atoms with van der Waals surface area (Å²) in [5, 5.41) is 3.44. The monoisotopic (exact) mass is 211 g/mol. The number of furan rings is 1. The van der Waals surface area contributed by atoms with Gasteiger partial charge in [-0.2, -0.15) is 0 Å². The van der Waals surface area contributed by atoms with Crippen LogP contribution in [-0.2, 0) is 4.74 Å². The van der Waals surface area contributed by atoms with E-state index in [9.17, 15) is 0 Å². The lowest BCUT2D eigenvalue weighted by atomic mass is 9.95. The normalized spacial score (nSPS) is 14.1. The smallest absolute Gasteiger partial charge is 0.0950 e. The molecule has 1 atom stereocenters. The van der Waals surface area contributed by atoms with Gasteiger partial charge in [-0.1, -0.05) is 6.92 Å². The van der Waals surface area contributed by atoms with Crippen LogP contribution in [0, 0.1) is 0 Å². The van der Waals surface area contributed by atoms with Gasteiger partial charge in [-0.25, -0.2) is 0 Å². The van der Waals surface area contributed by atoms with Crippen molar-refractivity contribution in [2.45, 2.75) is 38.8 Å². The number of nitrogens with one attached hydrogen (secondary N) is 1. The van der Waals surface area contributed by atoms with E-state index in [1.807, 2.05) is 6.07 Å². The molecule has 0 spiro atoms. The van der Waals surface area contributed by atoms with Crippen molar-refractivity contribution < 1.29 is 9.15 Å². The molecule has 1 heterocycles. The Hall–Kier alpha value is -0.800. The molecular weight excluding hydrogens is 190 g/mol. The average molecular weight is 211 g/mol. The molecule has 1 aromatic heterocycles. The largest absolute Gasteiger partial charge is 0.472 e. The number of hydrogen-bond acceptors (Lipinski definition) is 3. The van der Waals surface area contributed by atoms with E-state index in [0.29, 0.717) is 6.04 Å². The molecular formula is C12H21NO2. The summed E-state index contributed by atoms with van der Waals surface area (Å²) in [5.74, 6) is 0. The second-order valence-electron chi connectivity index (χ2n) is 4.33. The van der Waals surface area contributed by atoms with Gasteiger partial charge in [-0.15, -0.1) is 0 Å². The molecule has 0 amide bonds. The summed E-state index contributed by atoms with van der Waals surface area (Å²) in [5.41, 5.74) is 1.06. The highest BCUT2D eigenvalue weighted by molar-refractivity contribution is 5.12. The summed E-state index contributed by atoms with van der Waals surface area (Å²) < 4.78 is 10.6. The SMILES string of the molecule is CCNC(CC(C)(C)OC)c1ccoc1. The van der Waals surface area contributed by atoms with Crippen molar-refractivity contribution in [3.63, 3.8) is 0 Å². The molecule has 0 aromatic carbocycles. The molecule has 3 heteroatoms. The first-order chi connectivity index (χ1) is 7.09. The quantitative estimate of drug-likeness (QED) is 0.785. The van der Waals surface area contributed by atoms with Crippen LogP contribution in [0.15, 0.2) is 23.0 Å². The minimum absolute atomic E-state index is 0.121. The van der Waals surface area contributed by atoms with Gasteiger partial charge in [0.1, 0.15) is 0 Å². The van der Waals surface area contributed by atoms with Crippen molar-refractivity contribution in [2.24, 2.45) is 0 Å². The van der Waals surface area contributed by atoms with Gasteiger partial charge in [0.2, 0.25) is 0 Å². The van der Waals surface area contributed by atoms with Gasteiger partial charge in [0, 0.05) is 18.7 Å². The zero-order valence-corrected chi connectivity index (χ0v) is 10.0. The Labute approximate surface area is 91.8 Å². The molecule has 1 N–H and O–H groups in total. The highest BCUT2D eigenvalue weighted by atomic mass is 16.5. The lowest BCUT2D eigenvalue weighted by Gasteiger charge is -2.28. The van der Waals surface area contributed by atoms with Crippen LogP contribution in [0.2, 0.25) is 0 Å². The van der Waals surface area contributed by atoms with Crippen molar-refractivity contribution >= 4 is 0 Å². The third kappa shape index (κ3) is 3.68. The van der Waals surface area contributed by atoms with Crippen LogP contribution in [0.25, 0.3) is 0 Å². The van der Waals surface area contributed by atoms with Gasteiger partial charge in [0.05, 0.1) is 18.1 Å². The minimum Gasteiger partial charge on any atom is -0.472 e. The van der Waals surface area contributed by atoms with Crippen LogP contribution < -0.4 is 5.32 Å². The zero-order valence-electron chi connectivity index (χ0n) is 10.0. The molecule has 3 nitrogen and oxygen atoms in total. The molecule has 0 saturated heterocycles. The van der Waals surface area contributed by atoms with Crippen molar-refractivity contribution in [1.29, 1.82) is 0 Å². The van der Waals surface area contributed by atoms with E-state index in [2.05, 4.69) is 26.1 Å². The molecule has 1 unspecified atom stereocenters. The van der Waals surface area contributed by atoms with E-state index in [-0.39, 0.29) is 5.60 Å². The summed E-state index contributed by atoms with van der Waals surface area (Å²) in [7, 11) is 1.75. The second kappa shape index (κ2) is 5.33. The van der Waals surface area contributed by atoms with E-state index < -0.39 is 0 Å². The first kappa shape index (κ1) is 12.3. The number of rotatable bonds is 6. The predicted molar refractivity (Wildman–Crippen MR) is 60.8 cm³/mol. The molecule has 0 bridgehead atoms. The van der Waals surface area contributed by atoms with Crippen LogP contribution >= 0.6 is 0 Å². The maximum absolute atomic E-state index is 5.44. The zero-order chi connectivity index (χ0) is 11.3. The summed E-state index contributed by atoms with van der Waals surface area (Å²) in [6.07, 6.45) is 4.43. The van der Waals surface area contributed by atoms with E-state index >= 15 is 0 Å². The summed E-state index contributed by atoms with van der Waals surface area (Å²) in [4.78, 5) is 0. The Balaban J connectivity index is 2.67. The molecule has 0 radical (unpaired) electrons. The Morgan fingerprint density at radius 3 is 2.73 bits per heavy atom. The highest BCUT2D eigenvalue weighted by Crippen LogP contribution is 2.26.